The zero-order valence-electron chi connectivity index (χ0n) is 16.5. The van der Waals surface area contributed by atoms with Crippen LogP contribution in [0.3, 0.4) is 0 Å². The lowest BCUT2D eigenvalue weighted by Crippen LogP contribution is -2.35. The number of amides is 1. The van der Waals surface area contributed by atoms with Gasteiger partial charge in [-0.1, -0.05) is 35.3 Å². The van der Waals surface area contributed by atoms with Gasteiger partial charge in [-0.15, -0.1) is 12.4 Å². The SMILES string of the molecule is CC(=O)Nc1ccccc1OCC(O)CN1CCC(Oc2ccc(Cl)c(Cl)c2)C1.Cl. The molecular formula is C21H25Cl3N2O4. The number of halogens is 3. The first-order chi connectivity index (χ1) is 13.9. The first kappa shape index (κ1) is 24.6. The van der Waals surface area contributed by atoms with Crippen molar-refractivity contribution in [2.24, 2.45) is 0 Å². The van der Waals surface area contributed by atoms with Crippen LogP contribution in [-0.4, -0.2) is 54.4 Å². The smallest absolute Gasteiger partial charge is 0.221 e. The number of para-hydroxylation sites is 2. The standard InChI is InChI=1S/C21H24Cl2N2O4.ClH/c1-14(26)24-20-4-2-3-5-21(20)28-13-15(27)11-25-9-8-17(12-25)29-16-6-7-18(22)19(23)10-16;/h2-7,10,15,17,27H,8-9,11-13H2,1H3,(H,24,26);1H. The number of likely N-dealkylation sites (tertiary alicyclic amines) is 1. The van der Waals surface area contributed by atoms with Crippen molar-refractivity contribution in [3.8, 4) is 11.5 Å². The number of hydrogen-bond donors (Lipinski definition) is 2. The van der Waals surface area contributed by atoms with Gasteiger partial charge < -0.3 is 19.9 Å². The molecule has 1 saturated heterocycles. The molecule has 1 heterocycles. The van der Waals surface area contributed by atoms with E-state index in [0.29, 0.717) is 40.3 Å². The van der Waals surface area contributed by atoms with Crippen molar-refractivity contribution in [3.63, 3.8) is 0 Å². The molecule has 0 radical (unpaired) electrons. The van der Waals surface area contributed by atoms with E-state index in [2.05, 4.69) is 10.2 Å². The van der Waals surface area contributed by atoms with Crippen LogP contribution in [0.25, 0.3) is 0 Å². The Balaban J connectivity index is 0.00000320. The molecule has 1 aliphatic rings. The van der Waals surface area contributed by atoms with Gasteiger partial charge in [-0.05, 0) is 30.7 Å². The molecule has 2 N–H and O–H groups in total. The summed E-state index contributed by atoms with van der Waals surface area (Å²) >= 11 is 12.0. The van der Waals surface area contributed by atoms with Gasteiger partial charge in [-0.3, -0.25) is 9.69 Å². The van der Waals surface area contributed by atoms with Gasteiger partial charge >= 0.3 is 0 Å². The predicted octanol–water partition coefficient (Wildman–Crippen LogP) is 4.27. The number of anilines is 1. The summed E-state index contributed by atoms with van der Waals surface area (Å²) in [7, 11) is 0. The number of rotatable bonds is 8. The number of carbonyl (C=O) groups excluding carboxylic acids is 1. The highest BCUT2D eigenvalue weighted by Gasteiger charge is 2.26. The lowest BCUT2D eigenvalue weighted by atomic mass is 10.3. The van der Waals surface area contributed by atoms with Crippen molar-refractivity contribution < 1.29 is 19.4 Å². The summed E-state index contributed by atoms with van der Waals surface area (Å²) in [6.45, 7) is 3.58. The summed E-state index contributed by atoms with van der Waals surface area (Å²) in [5, 5.41) is 14.0. The fraction of sp³-hybridized carbons (Fsp3) is 0.381. The van der Waals surface area contributed by atoms with Crippen LogP contribution >= 0.6 is 35.6 Å². The van der Waals surface area contributed by atoms with E-state index in [1.807, 2.05) is 12.1 Å². The lowest BCUT2D eigenvalue weighted by molar-refractivity contribution is -0.114. The summed E-state index contributed by atoms with van der Waals surface area (Å²) in [6.07, 6.45) is 0.226. The Hall–Kier alpha value is -1.70. The number of nitrogens with one attached hydrogen (secondary N) is 1. The molecule has 0 saturated carbocycles. The second-order valence-corrected chi connectivity index (χ2v) is 7.82. The minimum absolute atomic E-state index is 0. The second-order valence-electron chi connectivity index (χ2n) is 7.01. The summed E-state index contributed by atoms with van der Waals surface area (Å²) in [5.74, 6) is 1.04. The van der Waals surface area contributed by atoms with E-state index in [1.54, 1.807) is 30.3 Å². The number of ether oxygens (including phenoxy) is 2. The summed E-state index contributed by atoms with van der Waals surface area (Å²) in [4.78, 5) is 13.4. The molecule has 2 unspecified atom stereocenters. The average molecular weight is 476 g/mol. The zero-order valence-corrected chi connectivity index (χ0v) is 18.8. The van der Waals surface area contributed by atoms with Crippen molar-refractivity contribution in [2.45, 2.75) is 25.6 Å². The number of β-amino-alcohol motifs (C(OH)–C–C–N with tert-alkyl or cyclic N) is 1. The number of hydrogen-bond acceptors (Lipinski definition) is 5. The van der Waals surface area contributed by atoms with Crippen molar-refractivity contribution in [2.75, 3.05) is 31.6 Å². The van der Waals surface area contributed by atoms with E-state index in [1.165, 1.54) is 6.92 Å². The highest BCUT2D eigenvalue weighted by Crippen LogP contribution is 2.28. The molecule has 9 heteroatoms. The minimum atomic E-state index is -0.663. The first-order valence-electron chi connectivity index (χ1n) is 9.42. The quantitative estimate of drug-likeness (QED) is 0.597. The van der Waals surface area contributed by atoms with Crippen molar-refractivity contribution in [1.29, 1.82) is 0 Å². The first-order valence-corrected chi connectivity index (χ1v) is 10.2. The normalized spacial score (nSPS) is 17.1. The molecule has 2 aromatic rings. The van der Waals surface area contributed by atoms with E-state index in [-0.39, 0.29) is 31.0 Å². The molecule has 0 spiro atoms. The molecule has 2 aromatic carbocycles. The molecular weight excluding hydrogens is 451 g/mol. The summed E-state index contributed by atoms with van der Waals surface area (Å²) in [6, 6.07) is 12.4. The third-order valence-corrected chi connectivity index (χ3v) is 5.26. The minimum Gasteiger partial charge on any atom is -0.489 e. The fourth-order valence-electron chi connectivity index (χ4n) is 3.22. The van der Waals surface area contributed by atoms with E-state index in [9.17, 15) is 9.90 Å². The van der Waals surface area contributed by atoms with Gasteiger partial charge in [0, 0.05) is 32.6 Å². The summed E-state index contributed by atoms with van der Waals surface area (Å²) < 4.78 is 11.7. The van der Waals surface area contributed by atoms with Crippen molar-refractivity contribution >= 4 is 47.2 Å². The van der Waals surface area contributed by atoms with Gasteiger partial charge in [0.2, 0.25) is 5.91 Å². The highest BCUT2D eigenvalue weighted by atomic mass is 35.5. The van der Waals surface area contributed by atoms with Crippen LogP contribution in [0.15, 0.2) is 42.5 Å². The Morgan fingerprint density at radius 2 is 2.03 bits per heavy atom. The molecule has 1 aliphatic heterocycles. The van der Waals surface area contributed by atoms with Crippen LogP contribution in [-0.2, 0) is 4.79 Å². The van der Waals surface area contributed by atoms with E-state index in [4.69, 9.17) is 32.7 Å². The number of nitrogens with zero attached hydrogens (tertiary/aromatic N) is 1. The Labute approximate surface area is 192 Å². The van der Waals surface area contributed by atoms with Crippen LogP contribution in [0.1, 0.15) is 13.3 Å². The maximum absolute atomic E-state index is 11.3. The molecule has 2 atom stereocenters. The van der Waals surface area contributed by atoms with Gasteiger partial charge in [0.05, 0.1) is 15.7 Å². The average Bonchev–Trinajstić information content (AvgIpc) is 3.10. The van der Waals surface area contributed by atoms with Gasteiger partial charge in [0.15, 0.2) is 0 Å². The predicted molar refractivity (Wildman–Crippen MR) is 121 cm³/mol. The molecule has 6 nitrogen and oxygen atoms in total. The van der Waals surface area contributed by atoms with Crippen LogP contribution < -0.4 is 14.8 Å². The van der Waals surface area contributed by atoms with Gasteiger partial charge in [-0.25, -0.2) is 0 Å². The summed E-state index contributed by atoms with van der Waals surface area (Å²) in [5.41, 5.74) is 0.587. The number of carbonyl (C=O) groups is 1. The van der Waals surface area contributed by atoms with Gasteiger partial charge in [0.25, 0.3) is 0 Å². The Kier molecular flexibility index (Phi) is 9.52. The number of benzene rings is 2. The van der Waals surface area contributed by atoms with Gasteiger partial charge in [0.1, 0.15) is 30.3 Å². The number of aliphatic hydroxyl groups is 1. The van der Waals surface area contributed by atoms with E-state index in [0.717, 1.165) is 13.0 Å². The highest BCUT2D eigenvalue weighted by molar-refractivity contribution is 6.42. The third-order valence-electron chi connectivity index (χ3n) is 4.52. The van der Waals surface area contributed by atoms with E-state index >= 15 is 0 Å². The Bertz CT molecular complexity index is 853. The van der Waals surface area contributed by atoms with Crippen LogP contribution in [0, 0.1) is 0 Å². The fourth-order valence-corrected chi connectivity index (χ4v) is 3.51. The zero-order chi connectivity index (χ0) is 20.8. The van der Waals surface area contributed by atoms with Crippen LogP contribution in [0.4, 0.5) is 5.69 Å². The van der Waals surface area contributed by atoms with Crippen LogP contribution in [0.5, 0.6) is 11.5 Å². The number of aliphatic hydroxyl groups excluding tert-OH is 1. The Morgan fingerprint density at radius 1 is 1.27 bits per heavy atom. The molecule has 3 rings (SSSR count). The molecule has 0 aliphatic carbocycles. The molecule has 1 amide bonds. The topological polar surface area (TPSA) is 71.0 Å². The Morgan fingerprint density at radius 3 is 2.77 bits per heavy atom. The molecule has 30 heavy (non-hydrogen) atoms. The molecule has 164 valence electrons. The second kappa shape index (κ2) is 11.6. The maximum atomic E-state index is 11.3. The third kappa shape index (κ3) is 7.22. The van der Waals surface area contributed by atoms with Gasteiger partial charge in [-0.2, -0.15) is 0 Å². The monoisotopic (exact) mass is 474 g/mol. The van der Waals surface area contributed by atoms with Crippen molar-refractivity contribution in [3.05, 3.63) is 52.5 Å². The molecule has 0 bridgehead atoms. The van der Waals surface area contributed by atoms with Crippen LogP contribution in [0.2, 0.25) is 10.0 Å². The largest absolute Gasteiger partial charge is 0.489 e. The molecule has 1 fully saturated rings. The van der Waals surface area contributed by atoms with Crippen molar-refractivity contribution in [1.82, 2.24) is 4.90 Å². The maximum Gasteiger partial charge on any atom is 0.221 e. The lowest BCUT2D eigenvalue weighted by Gasteiger charge is -2.21. The molecule has 0 aromatic heterocycles. The van der Waals surface area contributed by atoms with E-state index < -0.39 is 6.10 Å².